The van der Waals surface area contributed by atoms with Gasteiger partial charge in [-0.25, -0.2) is 0 Å². The van der Waals surface area contributed by atoms with Crippen LogP contribution in [0.3, 0.4) is 0 Å². The molecule has 0 radical (unpaired) electrons. The normalized spacial score (nSPS) is 29.3. The standard InChI is InChI=1S/C11H19NO3/c1-15-7-9-5-12(6-10(13)14)8-11(9)3-2-4-11/h9H,2-8H2,1H3,(H,13,14)/t9-/m1/s1. The van der Waals surface area contributed by atoms with Gasteiger partial charge in [-0.1, -0.05) is 6.42 Å². The van der Waals surface area contributed by atoms with Crippen molar-refractivity contribution in [3.8, 4) is 0 Å². The second-order valence-corrected chi connectivity index (χ2v) is 4.93. The quantitative estimate of drug-likeness (QED) is 0.751. The van der Waals surface area contributed by atoms with Crippen molar-refractivity contribution in [2.45, 2.75) is 19.3 Å². The molecule has 1 atom stereocenters. The largest absolute Gasteiger partial charge is 0.480 e. The molecule has 0 aromatic heterocycles. The first-order valence-corrected chi connectivity index (χ1v) is 5.59. The van der Waals surface area contributed by atoms with Gasteiger partial charge in [-0.05, 0) is 18.3 Å². The molecule has 4 nitrogen and oxygen atoms in total. The molecule has 4 heteroatoms. The highest BCUT2D eigenvalue weighted by atomic mass is 16.5. The Morgan fingerprint density at radius 2 is 2.33 bits per heavy atom. The summed E-state index contributed by atoms with van der Waals surface area (Å²) in [6.45, 7) is 2.80. The maximum atomic E-state index is 10.7. The van der Waals surface area contributed by atoms with E-state index in [2.05, 4.69) is 4.90 Å². The van der Waals surface area contributed by atoms with Crippen molar-refractivity contribution in [2.24, 2.45) is 11.3 Å². The van der Waals surface area contributed by atoms with Gasteiger partial charge in [0.2, 0.25) is 0 Å². The van der Waals surface area contributed by atoms with Gasteiger partial charge < -0.3 is 9.84 Å². The number of ether oxygens (including phenoxy) is 1. The molecule has 0 amide bonds. The molecule has 0 aromatic rings. The van der Waals surface area contributed by atoms with E-state index < -0.39 is 5.97 Å². The van der Waals surface area contributed by atoms with Crippen LogP contribution in [0.5, 0.6) is 0 Å². The molecular weight excluding hydrogens is 194 g/mol. The van der Waals surface area contributed by atoms with E-state index in [0.29, 0.717) is 11.3 Å². The van der Waals surface area contributed by atoms with Crippen LogP contribution in [0.1, 0.15) is 19.3 Å². The van der Waals surface area contributed by atoms with Gasteiger partial charge in [0.05, 0.1) is 13.2 Å². The molecule has 2 fully saturated rings. The smallest absolute Gasteiger partial charge is 0.317 e. The lowest BCUT2D eigenvalue weighted by molar-refractivity contribution is -0.138. The van der Waals surface area contributed by atoms with Crippen LogP contribution in [0, 0.1) is 11.3 Å². The Kier molecular flexibility index (Phi) is 2.98. The minimum absolute atomic E-state index is 0.183. The Morgan fingerprint density at radius 1 is 1.60 bits per heavy atom. The van der Waals surface area contributed by atoms with Gasteiger partial charge in [0.1, 0.15) is 0 Å². The molecule has 86 valence electrons. The van der Waals surface area contributed by atoms with Crippen LogP contribution < -0.4 is 0 Å². The Balaban J connectivity index is 1.96. The van der Waals surface area contributed by atoms with Crippen molar-refractivity contribution in [3.05, 3.63) is 0 Å². The van der Waals surface area contributed by atoms with Gasteiger partial charge in [0.15, 0.2) is 0 Å². The van der Waals surface area contributed by atoms with Crippen LogP contribution in [0.4, 0.5) is 0 Å². The van der Waals surface area contributed by atoms with Crippen molar-refractivity contribution in [1.29, 1.82) is 0 Å². The molecule has 2 rings (SSSR count). The number of hydrogen-bond acceptors (Lipinski definition) is 3. The Labute approximate surface area is 90.2 Å². The molecular formula is C11H19NO3. The van der Waals surface area contributed by atoms with Gasteiger partial charge >= 0.3 is 5.97 Å². The average molecular weight is 213 g/mol. The first-order valence-electron chi connectivity index (χ1n) is 5.59. The monoisotopic (exact) mass is 213 g/mol. The number of methoxy groups -OCH3 is 1. The summed E-state index contributed by atoms with van der Waals surface area (Å²) in [4.78, 5) is 12.7. The number of carboxylic acids is 1. The number of likely N-dealkylation sites (tertiary alicyclic amines) is 1. The molecule has 1 heterocycles. The van der Waals surface area contributed by atoms with Gasteiger partial charge in [-0.3, -0.25) is 9.69 Å². The molecule has 1 aliphatic carbocycles. The molecule has 1 N–H and O–H groups in total. The first-order chi connectivity index (χ1) is 7.16. The van der Waals surface area contributed by atoms with E-state index in [1.165, 1.54) is 19.3 Å². The molecule has 0 aromatic carbocycles. The summed E-state index contributed by atoms with van der Waals surface area (Å²) >= 11 is 0. The zero-order valence-corrected chi connectivity index (χ0v) is 9.24. The van der Waals surface area contributed by atoms with Gasteiger partial charge in [0.25, 0.3) is 0 Å². The Morgan fingerprint density at radius 3 is 2.80 bits per heavy atom. The minimum Gasteiger partial charge on any atom is -0.480 e. The summed E-state index contributed by atoms with van der Waals surface area (Å²) in [6.07, 6.45) is 3.79. The van der Waals surface area contributed by atoms with Gasteiger partial charge in [-0.15, -0.1) is 0 Å². The van der Waals surface area contributed by atoms with Crippen LogP contribution in [0.15, 0.2) is 0 Å². The Bertz CT molecular complexity index is 250. The summed E-state index contributed by atoms with van der Waals surface area (Å²) in [6, 6.07) is 0. The van der Waals surface area contributed by atoms with E-state index in [1.54, 1.807) is 7.11 Å². The van der Waals surface area contributed by atoms with Crippen LogP contribution in [0.25, 0.3) is 0 Å². The van der Waals surface area contributed by atoms with Crippen LogP contribution in [-0.4, -0.2) is 49.3 Å². The summed E-state index contributed by atoms with van der Waals surface area (Å²) in [7, 11) is 1.73. The lowest BCUT2D eigenvalue weighted by Gasteiger charge is -2.42. The summed E-state index contributed by atoms with van der Waals surface area (Å²) in [5.41, 5.74) is 0.380. The zero-order valence-electron chi connectivity index (χ0n) is 9.24. The molecule has 2 aliphatic rings. The lowest BCUT2D eigenvalue weighted by Crippen LogP contribution is -2.39. The van der Waals surface area contributed by atoms with Crippen molar-refractivity contribution >= 4 is 5.97 Å². The SMILES string of the molecule is COC[C@H]1CN(CC(=O)O)CC12CCC2. The Hall–Kier alpha value is -0.610. The average Bonchev–Trinajstić information content (AvgIpc) is 2.42. The van der Waals surface area contributed by atoms with Crippen LogP contribution in [0.2, 0.25) is 0 Å². The van der Waals surface area contributed by atoms with Crippen molar-refractivity contribution in [3.63, 3.8) is 0 Å². The van der Waals surface area contributed by atoms with E-state index >= 15 is 0 Å². The predicted octanol–water partition coefficient (Wildman–Crippen LogP) is 0.819. The number of rotatable bonds is 4. The number of carboxylic acid groups (broad SMARTS) is 1. The van der Waals surface area contributed by atoms with Gasteiger partial charge in [0, 0.05) is 26.1 Å². The highest BCUT2D eigenvalue weighted by Crippen LogP contribution is 2.51. The van der Waals surface area contributed by atoms with Gasteiger partial charge in [-0.2, -0.15) is 0 Å². The third-order valence-electron chi connectivity index (χ3n) is 3.96. The van der Waals surface area contributed by atoms with E-state index in [4.69, 9.17) is 9.84 Å². The van der Waals surface area contributed by atoms with Crippen LogP contribution in [-0.2, 0) is 9.53 Å². The fourth-order valence-electron chi connectivity index (χ4n) is 3.08. The third-order valence-corrected chi connectivity index (χ3v) is 3.96. The molecule has 1 spiro atoms. The third kappa shape index (κ3) is 2.01. The summed E-state index contributed by atoms with van der Waals surface area (Å²) in [5.74, 6) is -0.182. The molecule has 1 saturated heterocycles. The van der Waals surface area contributed by atoms with E-state index in [9.17, 15) is 4.79 Å². The molecule has 0 unspecified atom stereocenters. The topological polar surface area (TPSA) is 49.8 Å². The second kappa shape index (κ2) is 4.10. The molecule has 1 saturated carbocycles. The summed E-state index contributed by atoms with van der Waals surface area (Å²) in [5, 5.41) is 8.78. The fourth-order valence-corrected chi connectivity index (χ4v) is 3.08. The predicted molar refractivity (Wildman–Crippen MR) is 55.7 cm³/mol. The number of hydrogen-bond donors (Lipinski definition) is 1. The number of carbonyl (C=O) groups is 1. The van der Waals surface area contributed by atoms with E-state index in [0.717, 1.165) is 19.7 Å². The number of nitrogens with zero attached hydrogens (tertiary/aromatic N) is 1. The second-order valence-electron chi connectivity index (χ2n) is 4.93. The highest BCUT2D eigenvalue weighted by Gasteiger charge is 2.50. The maximum absolute atomic E-state index is 10.7. The van der Waals surface area contributed by atoms with E-state index in [1.807, 2.05) is 0 Å². The summed E-state index contributed by atoms with van der Waals surface area (Å²) < 4.78 is 5.24. The first kappa shape index (κ1) is 10.9. The van der Waals surface area contributed by atoms with Crippen molar-refractivity contribution in [2.75, 3.05) is 33.4 Å². The zero-order chi connectivity index (χ0) is 10.9. The highest BCUT2D eigenvalue weighted by molar-refractivity contribution is 5.69. The van der Waals surface area contributed by atoms with Crippen LogP contribution >= 0.6 is 0 Å². The number of aliphatic carboxylic acids is 1. The van der Waals surface area contributed by atoms with Crippen molar-refractivity contribution < 1.29 is 14.6 Å². The molecule has 15 heavy (non-hydrogen) atoms. The fraction of sp³-hybridized carbons (Fsp3) is 0.909. The lowest BCUT2D eigenvalue weighted by atomic mass is 9.63. The molecule has 0 bridgehead atoms. The van der Waals surface area contributed by atoms with E-state index in [-0.39, 0.29) is 6.54 Å². The maximum Gasteiger partial charge on any atom is 0.317 e. The molecule has 1 aliphatic heterocycles. The van der Waals surface area contributed by atoms with Crippen molar-refractivity contribution in [1.82, 2.24) is 4.90 Å². The minimum atomic E-state index is -0.720.